The van der Waals surface area contributed by atoms with Crippen molar-refractivity contribution in [2.45, 2.75) is 11.4 Å². The van der Waals surface area contributed by atoms with Gasteiger partial charge in [-0.05, 0) is 20.4 Å². The summed E-state index contributed by atoms with van der Waals surface area (Å²) in [6.07, 6.45) is 1.84. The minimum absolute atomic E-state index is 0.0426. The largest absolute Gasteiger partial charge is 0.494 e. The zero-order chi connectivity index (χ0) is 12.1. The summed E-state index contributed by atoms with van der Waals surface area (Å²) in [4.78, 5) is 2.61. The van der Waals surface area contributed by atoms with Gasteiger partial charge in [-0.2, -0.15) is 0 Å². The lowest BCUT2D eigenvalue weighted by Crippen LogP contribution is -2.11. The maximum Gasteiger partial charge on any atom is 0.208 e. The Bertz CT molecular complexity index is 416. The monoisotopic (exact) mass is 240 g/mol. The van der Waals surface area contributed by atoms with E-state index in [2.05, 4.69) is 11.8 Å². The minimum Gasteiger partial charge on any atom is -0.494 e. The van der Waals surface area contributed by atoms with E-state index >= 15 is 0 Å². The summed E-state index contributed by atoms with van der Waals surface area (Å²) in [6, 6.07) is 1.54. The molecule has 5 heteroatoms. The van der Waals surface area contributed by atoms with Crippen LogP contribution in [-0.4, -0.2) is 46.6 Å². The quantitative estimate of drug-likeness (QED) is 0.615. The van der Waals surface area contributed by atoms with Crippen molar-refractivity contribution in [3.05, 3.63) is 6.07 Å². The predicted octanol–water partition coefficient (Wildman–Crippen LogP) is 1.19. The van der Waals surface area contributed by atoms with Gasteiger partial charge in [-0.15, -0.1) is 11.8 Å². The lowest BCUT2D eigenvalue weighted by Gasteiger charge is -2.03. The summed E-state index contributed by atoms with van der Waals surface area (Å²) >= 11 is 1.39. The Balaban J connectivity index is 2.73. The first-order valence-electron chi connectivity index (χ1n) is 4.82. The molecule has 0 atom stereocenters. The van der Waals surface area contributed by atoms with Gasteiger partial charge < -0.3 is 10.2 Å². The van der Waals surface area contributed by atoms with Gasteiger partial charge in [-0.1, -0.05) is 11.8 Å². The molecule has 88 valence electrons. The third-order valence-electron chi connectivity index (χ3n) is 1.99. The molecule has 4 nitrogen and oxygen atoms in total. The number of hydrogen-bond donors (Lipinski definition) is 2. The molecule has 0 aliphatic heterocycles. The molecule has 0 saturated heterocycles. The summed E-state index contributed by atoms with van der Waals surface area (Å²) in [5, 5.41) is 19.3. The molecule has 0 spiro atoms. The maximum absolute atomic E-state index is 9.72. The topological polar surface area (TPSA) is 48.6 Å². The van der Waals surface area contributed by atoms with E-state index in [1.165, 1.54) is 22.4 Å². The standard InChI is InChI=1S/C11H16N2O2S/c1-12(2)6-4-5-7-13-10(14)8-9(16-3)11(13)15/h8,14-15H,6-7H2,1-3H3. The normalized spacial score (nSPS) is 10.2. The van der Waals surface area contributed by atoms with Gasteiger partial charge in [0.05, 0.1) is 18.0 Å². The van der Waals surface area contributed by atoms with E-state index < -0.39 is 0 Å². The highest BCUT2D eigenvalue weighted by molar-refractivity contribution is 7.98. The average Bonchev–Trinajstić information content (AvgIpc) is 2.50. The smallest absolute Gasteiger partial charge is 0.208 e. The number of aromatic hydroxyl groups is 2. The molecule has 0 saturated carbocycles. The Hall–Kier alpha value is -1.25. The Labute approximate surface area is 99.9 Å². The molecule has 16 heavy (non-hydrogen) atoms. The molecule has 1 rings (SSSR count). The van der Waals surface area contributed by atoms with E-state index in [-0.39, 0.29) is 11.8 Å². The van der Waals surface area contributed by atoms with Crippen molar-refractivity contribution >= 4 is 11.8 Å². The van der Waals surface area contributed by atoms with Gasteiger partial charge in [0.1, 0.15) is 0 Å². The number of hydrogen-bond acceptors (Lipinski definition) is 4. The van der Waals surface area contributed by atoms with Gasteiger partial charge in [0.2, 0.25) is 5.88 Å². The average molecular weight is 240 g/mol. The van der Waals surface area contributed by atoms with Gasteiger partial charge in [-0.25, -0.2) is 0 Å². The molecule has 0 aromatic carbocycles. The highest BCUT2D eigenvalue weighted by Gasteiger charge is 2.11. The highest BCUT2D eigenvalue weighted by Crippen LogP contribution is 2.33. The second-order valence-electron chi connectivity index (χ2n) is 3.57. The first kappa shape index (κ1) is 12.8. The molecule has 1 aromatic heterocycles. The third kappa shape index (κ3) is 3.12. The van der Waals surface area contributed by atoms with Crippen LogP contribution in [0, 0.1) is 11.8 Å². The van der Waals surface area contributed by atoms with E-state index in [0.717, 1.165) is 0 Å². The summed E-state index contributed by atoms with van der Waals surface area (Å²) in [5.74, 6) is 5.95. The molecule has 0 aliphatic carbocycles. The SMILES string of the molecule is CSc1cc(O)n(CC#CCN(C)C)c1O. The second-order valence-corrected chi connectivity index (χ2v) is 4.42. The molecule has 0 radical (unpaired) electrons. The van der Waals surface area contributed by atoms with Gasteiger partial charge in [0, 0.05) is 6.07 Å². The van der Waals surface area contributed by atoms with Crippen molar-refractivity contribution in [1.82, 2.24) is 9.47 Å². The van der Waals surface area contributed by atoms with Crippen LogP contribution in [0.5, 0.6) is 11.8 Å². The number of aromatic nitrogens is 1. The lowest BCUT2D eigenvalue weighted by atomic mass is 10.5. The van der Waals surface area contributed by atoms with E-state index in [0.29, 0.717) is 18.0 Å². The molecule has 0 fully saturated rings. The van der Waals surface area contributed by atoms with Crippen LogP contribution in [0.3, 0.4) is 0 Å². The van der Waals surface area contributed by atoms with Crippen molar-refractivity contribution in [1.29, 1.82) is 0 Å². The molecule has 1 heterocycles. The fraction of sp³-hybridized carbons (Fsp3) is 0.455. The van der Waals surface area contributed by atoms with Crippen LogP contribution in [0.25, 0.3) is 0 Å². The van der Waals surface area contributed by atoms with Crippen molar-refractivity contribution < 1.29 is 10.2 Å². The van der Waals surface area contributed by atoms with Crippen molar-refractivity contribution in [3.8, 4) is 23.6 Å². The fourth-order valence-corrected chi connectivity index (χ4v) is 1.67. The van der Waals surface area contributed by atoms with E-state index in [9.17, 15) is 10.2 Å². The van der Waals surface area contributed by atoms with E-state index in [1.54, 1.807) is 0 Å². The summed E-state index contributed by atoms with van der Waals surface area (Å²) in [6.45, 7) is 0.963. The van der Waals surface area contributed by atoms with E-state index in [4.69, 9.17) is 0 Å². The first-order chi connectivity index (χ1) is 7.56. The van der Waals surface area contributed by atoms with Gasteiger partial charge in [0.15, 0.2) is 5.88 Å². The van der Waals surface area contributed by atoms with Crippen LogP contribution in [0.2, 0.25) is 0 Å². The van der Waals surface area contributed by atoms with Gasteiger partial charge in [0.25, 0.3) is 0 Å². The molecular weight excluding hydrogens is 224 g/mol. The van der Waals surface area contributed by atoms with Crippen LogP contribution in [0.15, 0.2) is 11.0 Å². The van der Waals surface area contributed by atoms with Crippen LogP contribution in [-0.2, 0) is 6.54 Å². The number of rotatable bonds is 3. The molecule has 0 aliphatic rings. The van der Waals surface area contributed by atoms with Gasteiger partial charge >= 0.3 is 0 Å². The summed E-state index contributed by atoms with van der Waals surface area (Å²) in [7, 11) is 3.87. The molecule has 0 bridgehead atoms. The number of thioether (sulfide) groups is 1. The van der Waals surface area contributed by atoms with Crippen LogP contribution in [0.4, 0.5) is 0 Å². The first-order valence-corrected chi connectivity index (χ1v) is 6.04. The van der Waals surface area contributed by atoms with Crippen molar-refractivity contribution in [2.24, 2.45) is 0 Å². The molecule has 1 aromatic rings. The van der Waals surface area contributed by atoms with E-state index in [1.807, 2.05) is 25.3 Å². The van der Waals surface area contributed by atoms with Crippen molar-refractivity contribution in [3.63, 3.8) is 0 Å². The van der Waals surface area contributed by atoms with Gasteiger partial charge in [-0.3, -0.25) is 9.47 Å². The minimum atomic E-state index is 0.0426. The van der Waals surface area contributed by atoms with Crippen LogP contribution < -0.4 is 0 Å². The van der Waals surface area contributed by atoms with Crippen LogP contribution >= 0.6 is 11.8 Å². The molecule has 0 unspecified atom stereocenters. The molecule has 2 N–H and O–H groups in total. The third-order valence-corrected chi connectivity index (χ3v) is 2.73. The summed E-state index contributed by atoms with van der Waals surface area (Å²) < 4.78 is 1.38. The predicted molar refractivity (Wildman–Crippen MR) is 65.9 cm³/mol. The summed E-state index contributed by atoms with van der Waals surface area (Å²) in [5.41, 5.74) is 0. The Morgan fingerprint density at radius 1 is 1.38 bits per heavy atom. The zero-order valence-electron chi connectivity index (χ0n) is 9.69. The van der Waals surface area contributed by atoms with Crippen LogP contribution in [0.1, 0.15) is 0 Å². The zero-order valence-corrected chi connectivity index (χ0v) is 10.5. The Kier molecular flexibility index (Phi) is 4.59. The molecular formula is C11H16N2O2S. The Morgan fingerprint density at radius 3 is 2.56 bits per heavy atom. The highest BCUT2D eigenvalue weighted by atomic mass is 32.2. The maximum atomic E-state index is 9.72. The lowest BCUT2D eigenvalue weighted by molar-refractivity contribution is 0.376. The van der Waals surface area contributed by atoms with Crippen molar-refractivity contribution in [2.75, 3.05) is 26.9 Å². The second kappa shape index (κ2) is 5.73. The molecule has 0 amide bonds. The number of nitrogens with zero attached hydrogens (tertiary/aromatic N) is 2. The Morgan fingerprint density at radius 2 is 2.06 bits per heavy atom. The fourth-order valence-electron chi connectivity index (χ4n) is 1.16.